The van der Waals surface area contributed by atoms with Crippen LogP contribution in [0.3, 0.4) is 0 Å². The van der Waals surface area contributed by atoms with Gasteiger partial charge in [0.05, 0.1) is 17.6 Å². The summed E-state index contributed by atoms with van der Waals surface area (Å²) >= 11 is 0. The minimum atomic E-state index is 0.294. The first-order chi connectivity index (χ1) is 15.7. The van der Waals surface area contributed by atoms with Crippen molar-refractivity contribution in [2.24, 2.45) is 7.05 Å². The number of benzene rings is 2. The molecule has 0 spiro atoms. The molecule has 5 rings (SSSR count). The lowest BCUT2D eigenvalue weighted by atomic mass is 10.1. The van der Waals surface area contributed by atoms with Crippen molar-refractivity contribution in [1.29, 1.82) is 0 Å². The van der Waals surface area contributed by atoms with Gasteiger partial charge in [0.2, 0.25) is 5.91 Å². The Morgan fingerprint density at radius 3 is 2.56 bits per heavy atom. The molecule has 0 N–H and O–H groups in total. The Bertz CT molecular complexity index is 1080. The highest BCUT2D eigenvalue weighted by Gasteiger charge is 2.22. The van der Waals surface area contributed by atoms with Gasteiger partial charge in [0.1, 0.15) is 5.82 Å². The molecule has 32 heavy (non-hydrogen) atoms. The molecule has 6 heteroatoms. The number of para-hydroxylation sites is 2. The van der Waals surface area contributed by atoms with Gasteiger partial charge < -0.3 is 14.4 Å². The van der Waals surface area contributed by atoms with Crippen LogP contribution in [0.1, 0.15) is 25.7 Å². The molecule has 0 radical (unpaired) electrons. The molecular weight excluding hydrogens is 398 g/mol. The van der Waals surface area contributed by atoms with Crippen LogP contribution < -0.4 is 4.90 Å². The van der Waals surface area contributed by atoms with Crippen molar-refractivity contribution in [2.45, 2.75) is 25.7 Å². The van der Waals surface area contributed by atoms with E-state index in [1.807, 2.05) is 6.07 Å². The maximum absolute atomic E-state index is 12.9. The van der Waals surface area contributed by atoms with Crippen LogP contribution in [-0.2, 0) is 11.8 Å². The lowest BCUT2D eigenvalue weighted by Crippen LogP contribution is -2.43. The lowest BCUT2D eigenvalue weighted by molar-refractivity contribution is -0.132. The van der Waals surface area contributed by atoms with Crippen LogP contribution in [0.25, 0.3) is 22.4 Å². The molecule has 2 aromatic carbocycles. The molecule has 0 atom stereocenters. The molecular formula is C26H33N5O. The van der Waals surface area contributed by atoms with Gasteiger partial charge in [-0.1, -0.05) is 30.7 Å². The summed E-state index contributed by atoms with van der Waals surface area (Å²) in [5.41, 5.74) is 4.50. The fourth-order valence-electron chi connectivity index (χ4n) is 5.08. The van der Waals surface area contributed by atoms with Gasteiger partial charge in [0.15, 0.2) is 0 Å². The van der Waals surface area contributed by atoms with Gasteiger partial charge in [-0.2, -0.15) is 0 Å². The van der Waals surface area contributed by atoms with Gasteiger partial charge in [-0.25, -0.2) is 4.98 Å². The number of piperidine rings is 1. The van der Waals surface area contributed by atoms with Gasteiger partial charge in [-0.3, -0.25) is 9.69 Å². The first kappa shape index (κ1) is 21.0. The Kier molecular flexibility index (Phi) is 6.12. The maximum Gasteiger partial charge on any atom is 0.236 e. The van der Waals surface area contributed by atoms with E-state index in [2.05, 4.69) is 68.8 Å². The number of fused-ring (bicyclic) bond motifs is 1. The Labute approximate surface area is 190 Å². The van der Waals surface area contributed by atoms with E-state index in [0.717, 1.165) is 68.1 Å². The van der Waals surface area contributed by atoms with Gasteiger partial charge in [0.25, 0.3) is 0 Å². The van der Waals surface area contributed by atoms with E-state index in [4.69, 9.17) is 4.98 Å². The summed E-state index contributed by atoms with van der Waals surface area (Å²) in [5.74, 6) is 1.28. The number of nitrogens with zero attached hydrogens (tertiary/aromatic N) is 5. The van der Waals surface area contributed by atoms with Crippen molar-refractivity contribution >= 4 is 22.6 Å². The quantitative estimate of drug-likeness (QED) is 0.631. The average Bonchev–Trinajstić information content (AvgIpc) is 2.99. The Morgan fingerprint density at radius 2 is 1.72 bits per heavy atom. The zero-order valence-electron chi connectivity index (χ0n) is 19.0. The van der Waals surface area contributed by atoms with Gasteiger partial charge in [-0.05, 0) is 56.6 Å². The van der Waals surface area contributed by atoms with Crippen molar-refractivity contribution in [3.8, 4) is 11.4 Å². The minimum Gasteiger partial charge on any atom is -0.370 e. The van der Waals surface area contributed by atoms with Crippen LogP contribution in [0, 0.1) is 0 Å². The van der Waals surface area contributed by atoms with E-state index in [1.165, 1.54) is 24.9 Å². The molecule has 0 saturated carbocycles. The molecule has 3 aromatic rings. The number of rotatable bonds is 4. The number of imidazole rings is 1. The highest BCUT2D eigenvalue weighted by atomic mass is 16.2. The largest absolute Gasteiger partial charge is 0.370 e. The van der Waals surface area contributed by atoms with Crippen LogP contribution in [0.5, 0.6) is 0 Å². The van der Waals surface area contributed by atoms with Crippen molar-refractivity contribution < 1.29 is 4.79 Å². The van der Waals surface area contributed by atoms with Gasteiger partial charge in [-0.15, -0.1) is 0 Å². The minimum absolute atomic E-state index is 0.294. The Hall–Kier alpha value is -2.86. The molecule has 0 aliphatic carbocycles. The molecule has 2 aliphatic rings. The third kappa shape index (κ3) is 4.37. The molecule has 168 valence electrons. The third-order valence-electron chi connectivity index (χ3n) is 6.91. The van der Waals surface area contributed by atoms with Crippen LogP contribution in [-0.4, -0.2) is 71.1 Å². The second kappa shape index (κ2) is 9.33. The summed E-state index contributed by atoms with van der Waals surface area (Å²) in [7, 11) is 2.08. The zero-order chi connectivity index (χ0) is 21.9. The summed E-state index contributed by atoms with van der Waals surface area (Å²) in [4.78, 5) is 24.6. The molecule has 0 bridgehead atoms. The van der Waals surface area contributed by atoms with Crippen molar-refractivity contribution in [1.82, 2.24) is 19.4 Å². The van der Waals surface area contributed by atoms with Crippen molar-refractivity contribution in [3.05, 3.63) is 48.5 Å². The number of anilines is 1. The predicted molar refractivity (Wildman–Crippen MR) is 130 cm³/mol. The van der Waals surface area contributed by atoms with E-state index < -0.39 is 0 Å². The highest BCUT2D eigenvalue weighted by Crippen LogP contribution is 2.27. The lowest BCUT2D eigenvalue weighted by Gasteiger charge is -2.29. The van der Waals surface area contributed by atoms with E-state index in [0.29, 0.717) is 12.5 Å². The second-order valence-corrected chi connectivity index (χ2v) is 9.09. The fourth-order valence-corrected chi connectivity index (χ4v) is 5.08. The predicted octanol–water partition coefficient (Wildman–Crippen LogP) is 3.76. The topological polar surface area (TPSA) is 44.6 Å². The molecule has 2 saturated heterocycles. The number of carbonyl (C=O) groups is 1. The summed E-state index contributed by atoms with van der Waals surface area (Å²) < 4.78 is 2.16. The maximum atomic E-state index is 12.9. The van der Waals surface area contributed by atoms with Crippen LogP contribution >= 0.6 is 0 Å². The molecule has 1 aromatic heterocycles. The Morgan fingerprint density at radius 1 is 0.875 bits per heavy atom. The molecule has 1 amide bonds. The summed E-state index contributed by atoms with van der Waals surface area (Å²) in [6, 6.07) is 16.9. The first-order valence-corrected chi connectivity index (χ1v) is 12.0. The van der Waals surface area contributed by atoms with Gasteiger partial charge in [0, 0.05) is 44.5 Å². The number of hydrogen-bond acceptors (Lipinski definition) is 4. The van der Waals surface area contributed by atoms with Crippen LogP contribution in [0.2, 0.25) is 0 Å². The van der Waals surface area contributed by atoms with E-state index >= 15 is 0 Å². The number of likely N-dealkylation sites (tertiary alicyclic amines) is 1. The molecule has 3 heterocycles. The summed E-state index contributed by atoms with van der Waals surface area (Å²) in [5, 5.41) is 0. The molecule has 2 fully saturated rings. The van der Waals surface area contributed by atoms with Crippen molar-refractivity contribution in [3.63, 3.8) is 0 Å². The van der Waals surface area contributed by atoms with E-state index in [9.17, 15) is 4.79 Å². The molecule has 0 unspecified atom stereocenters. The fraction of sp³-hybridized carbons (Fsp3) is 0.462. The SMILES string of the molecule is Cn1c(-c2cccc(N3CCCN(C(=O)CN4CCCCC4)CC3)c2)nc2ccccc21. The standard InChI is InChI=1S/C26H33N5O/c1-28-24-12-4-3-11-23(24)27-26(28)21-9-7-10-22(19-21)30-15-8-16-31(18-17-30)25(32)20-29-13-5-2-6-14-29/h3-4,7,9-12,19H,2,5-6,8,13-18,20H2,1H3. The van der Waals surface area contributed by atoms with Crippen LogP contribution in [0.4, 0.5) is 5.69 Å². The second-order valence-electron chi connectivity index (χ2n) is 9.09. The number of aryl methyl sites for hydroxylation is 1. The summed E-state index contributed by atoms with van der Waals surface area (Å²) in [6.45, 7) is 6.22. The van der Waals surface area contributed by atoms with E-state index in [-0.39, 0.29) is 0 Å². The molecule has 2 aliphatic heterocycles. The number of hydrogen-bond donors (Lipinski definition) is 0. The number of amides is 1. The Balaban J connectivity index is 1.28. The average molecular weight is 432 g/mol. The zero-order valence-corrected chi connectivity index (χ0v) is 19.0. The number of carbonyl (C=O) groups excluding carboxylic acids is 1. The smallest absolute Gasteiger partial charge is 0.236 e. The highest BCUT2D eigenvalue weighted by molar-refractivity contribution is 5.81. The number of aromatic nitrogens is 2. The first-order valence-electron chi connectivity index (χ1n) is 12.0. The molecule has 6 nitrogen and oxygen atoms in total. The monoisotopic (exact) mass is 431 g/mol. The van der Waals surface area contributed by atoms with E-state index in [1.54, 1.807) is 0 Å². The summed E-state index contributed by atoms with van der Waals surface area (Å²) in [6.07, 6.45) is 4.75. The van der Waals surface area contributed by atoms with Gasteiger partial charge >= 0.3 is 0 Å². The van der Waals surface area contributed by atoms with Crippen molar-refractivity contribution in [2.75, 3.05) is 50.7 Å². The van der Waals surface area contributed by atoms with Crippen LogP contribution in [0.15, 0.2) is 48.5 Å². The third-order valence-corrected chi connectivity index (χ3v) is 6.91. The normalized spacial score (nSPS) is 18.2.